The molecule has 0 unspecified atom stereocenters. The Morgan fingerprint density at radius 3 is 2.39 bits per heavy atom. The zero-order chi connectivity index (χ0) is 17.0. The van der Waals surface area contributed by atoms with E-state index in [1.165, 1.54) is 19.2 Å². The Hall–Kier alpha value is -2.05. The number of benzene rings is 2. The first-order chi connectivity index (χ1) is 10.9. The Balaban J connectivity index is 2.56. The van der Waals surface area contributed by atoms with E-state index in [0.29, 0.717) is 16.3 Å². The highest BCUT2D eigenvalue weighted by molar-refractivity contribution is 7.92. The van der Waals surface area contributed by atoms with Crippen molar-refractivity contribution < 1.29 is 13.2 Å². The van der Waals surface area contributed by atoms with E-state index in [2.05, 4.69) is 5.32 Å². The third-order valence-corrected chi connectivity index (χ3v) is 5.33. The van der Waals surface area contributed by atoms with Gasteiger partial charge in [0.1, 0.15) is 6.54 Å². The summed E-state index contributed by atoms with van der Waals surface area (Å²) in [4.78, 5) is 11.9. The first kappa shape index (κ1) is 17.3. The molecule has 7 heteroatoms. The van der Waals surface area contributed by atoms with Crippen molar-refractivity contribution in [2.45, 2.75) is 11.8 Å². The van der Waals surface area contributed by atoms with Crippen molar-refractivity contribution in [2.24, 2.45) is 0 Å². The van der Waals surface area contributed by atoms with Crippen LogP contribution in [0.3, 0.4) is 0 Å². The van der Waals surface area contributed by atoms with Crippen LogP contribution in [0.4, 0.5) is 5.69 Å². The molecule has 0 aliphatic heterocycles. The van der Waals surface area contributed by atoms with Gasteiger partial charge in [0.2, 0.25) is 5.91 Å². The normalized spacial score (nSPS) is 11.1. The number of likely N-dealkylation sites (N-methyl/N-ethyl adjacent to an activating group) is 1. The van der Waals surface area contributed by atoms with Crippen molar-refractivity contribution in [2.75, 3.05) is 17.9 Å². The third-order valence-electron chi connectivity index (χ3n) is 3.32. The minimum Gasteiger partial charge on any atom is -0.358 e. The van der Waals surface area contributed by atoms with Crippen LogP contribution < -0.4 is 9.62 Å². The number of halogens is 1. The number of carbonyl (C=O) groups excluding carboxylic acids is 1. The zero-order valence-corrected chi connectivity index (χ0v) is 14.4. The predicted octanol–water partition coefficient (Wildman–Crippen LogP) is 2.59. The van der Waals surface area contributed by atoms with Gasteiger partial charge in [-0.25, -0.2) is 8.42 Å². The summed E-state index contributed by atoms with van der Waals surface area (Å²) < 4.78 is 27.0. The molecule has 1 amide bonds. The molecule has 23 heavy (non-hydrogen) atoms. The minimum absolute atomic E-state index is 0.123. The lowest BCUT2D eigenvalue weighted by atomic mass is 10.2. The molecular weight excluding hydrogens is 336 g/mol. The summed E-state index contributed by atoms with van der Waals surface area (Å²) in [5, 5.41) is 2.95. The summed E-state index contributed by atoms with van der Waals surface area (Å²) in [6.45, 7) is 1.44. The maximum Gasteiger partial charge on any atom is 0.264 e. The maximum atomic E-state index is 12.9. The number of aryl methyl sites for hydroxylation is 1. The van der Waals surface area contributed by atoms with Crippen LogP contribution in [0.25, 0.3) is 0 Å². The number of amides is 1. The average Bonchev–Trinajstić information content (AvgIpc) is 2.53. The van der Waals surface area contributed by atoms with Crippen LogP contribution in [0.1, 0.15) is 5.56 Å². The van der Waals surface area contributed by atoms with E-state index in [-0.39, 0.29) is 11.4 Å². The number of hydrogen-bond acceptors (Lipinski definition) is 3. The summed E-state index contributed by atoms with van der Waals surface area (Å²) in [5.74, 6) is -0.404. The lowest BCUT2D eigenvalue weighted by molar-refractivity contribution is -0.119. The Labute approximate surface area is 140 Å². The molecular formula is C16H17ClN2O3S. The number of rotatable bonds is 5. The summed E-state index contributed by atoms with van der Waals surface area (Å²) in [6.07, 6.45) is 0. The smallest absolute Gasteiger partial charge is 0.264 e. The van der Waals surface area contributed by atoms with Gasteiger partial charge in [0.25, 0.3) is 10.0 Å². The number of anilines is 1. The van der Waals surface area contributed by atoms with Crippen LogP contribution in [0.2, 0.25) is 5.02 Å². The van der Waals surface area contributed by atoms with E-state index in [1.54, 1.807) is 43.3 Å². The standard InChI is InChI=1S/C16H17ClN2O3S/c1-12-10-13(17)8-9-15(12)19(11-16(20)18-2)23(21,22)14-6-4-3-5-7-14/h3-10H,11H2,1-2H3,(H,18,20). The molecule has 5 nitrogen and oxygen atoms in total. The molecule has 0 radical (unpaired) electrons. The van der Waals surface area contributed by atoms with Gasteiger partial charge in [0, 0.05) is 12.1 Å². The first-order valence-corrected chi connectivity index (χ1v) is 8.72. The Kier molecular flexibility index (Phi) is 5.28. The van der Waals surface area contributed by atoms with E-state index in [4.69, 9.17) is 11.6 Å². The van der Waals surface area contributed by atoms with Crippen molar-refractivity contribution in [3.8, 4) is 0 Å². The van der Waals surface area contributed by atoms with Crippen LogP contribution in [-0.2, 0) is 14.8 Å². The molecule has 0 atom stereocenters. The Bertz CT molecular complexity index is 807. The van der Waals surface area contributed by atoms with Crippen molar-refractivity contribution in [1.29, 1.82) is 0 Å². The summed E-state index contributed by atoms with van der Waals surface area (Å²) in [5.41, 5.74) is 1.09. The maximum absolute atomic E-state index is 12.9. The zero-order valence-electron chi connectivity index (χ0n) is 12.8. The fourth-order valence-corrected chi connectivity index (χ4v) is 3.86. The topological polar surface area (TPSA) is 66.5 Å². The lowest BCUT2D eigenvalue weighted by Gasteiger charge is -2.25. The fraction of sp³-hybridized carbons (Fsp3) is 0.188. The van der Waals surface area contributed by atoms with E-state index >= 15 is 0 Å². The highest BCUT2D eigenvalue weighted by atomic mass is 35.5. The molecule has 0 saturated carbocycles. The second-order valence-electron chi connectivity index (χ2n) is 4.93. The number of nitrogens with one attached hydrogen (secondary N) is 1. The van der Waals surface area contributed by atoms with E-state index in [0.717, 1.165) is 4.31 Å². The van der Waals surface area contributed by atoms with E-state index in [1.807, 2.05) is 0 Å². The molecule has 0 aliphatic rings. The van der Waals surface area contributed by atoms with Gasteiger partial charge >= 0.3 is 0 Å². The van der Waals surface area contributed by atoms with Crippen molar-refractivity contribution >= 4 is 33.2 Å². The number of hydrogen-bond donors (Lipinski definition) is 1. The van der Waals surface area contributed by atoms with Gasteiger partial charge < -0.3 is 5.32 Å². The summed E-state index contributed by atoms with van der Waals surface area (Å²) in [7, 11) is -2.40. The first-order valence-electron chi connectivity index (χ1n) is 6.91. The fourth-order valence-electron chi connectivity index (χ4n) is 2.13. The molecule has 2 aromatic rings. The Morgan fingerprint density at radius 2 is 1.83 bits per heavy atom. The van der Waals surface area contributed by atoms with E-state index in [9.17, 15) is 13.2 Å². The molecule has 0 fully saturated rings. The molecule has 0 bridgehead atoms. The van der Waals surface area contributed by atoms with Gasteiger partial charge in [-0.2, -0.15) is 0 Å². The number of sulfonamides is 1. The largest absolute Gasteiger partial charge is 0.358 e. The van der Waals surface area contributed by atoms with Gasteiger partial charge in [-0.3, -0.25) is 9.10 Å². The SMILES string of the molecule is CNC(=O)CN(c1ccc(Cl)cc1C)S(=O)(=O)c1ccccc1. The molecule has 122 valence electrons. The molecule has 0 aliphatic carbocycles. The van der Waals surface area contributed by atoms with Gasteiger partial charge in [-0.1, -0.05) is 29.8 Å². The van der Waals surface area contributed by atoms with Gasteiger partial charge in [0.05, 0.1) is 10.6 Å². The van der Waals surface area contributed by atoms with Crippen LogP contribution in [0, 0.1) is 6.92 Å². The molecule has 0 spiro atoms. The Morgan fingerprint density at radius 1 is 1.17 bits per heavy atom. The molecule has 2 aromatic carbocycles. The molecule has 0 aromatic heterocycles. The predicted molar refractivity (Wildman–Crippen MR) is 91.2 cm³/mol. The van der Waals surface area contributed by atoms with Crippen molar-refractivity contribution in [1.82, 2.24) is 5.32 Å². The van der Waals surface area contributed by atoms with Gasteiger partial charge in [0.15, 0.2) is 0 Å². The summed E-state index contributed by atoms with van der Waals surface area (Å²) in [6, 6.07) is 12.9. The van der Waals surface area contributed by atoms with Gasteiger partial charge in [-0.15, -0.1) is 0 Å². The highest BCUT2D eigenvalue weighted by Gasteiger charge is 2.27. The second-order valence-corrected chi connectivity index (χ2v) is 7.23. The van der Waals surface area contributed by atoms with Crippen molar-refractivity contribution in [3.63, 3.8) is 0 Å². The second kappa shape index (κ2) is 7.02. The monoisotopic (exact) mass is 352 g/mol. The molecule has 0 saturated heterocycles. The van der Waals surface area contributed by atoms with Crippen molar-refractivity contribution in [3.05, 3.63) is 59.1 Å². The van der Waals surface area contributed by atoms with Crippen LogP contribution >= 0.6 is 11.6 Å². The quantitative estimate of drug-likeness (QED) is 0.899. The molecule has 1 N–H and O–H groups in total. The third kappa shape index (κ3) is 3.83. The number of carbonyl (C=O) groups is 1. The van der Waals surface area contributed by atoms with E-state index < -0.39 is 15.9 Å². The lowest BCUT2D eigenvalue weighted by Crippen LogP contribution is -2.40. The average molecular weight is 353 g/mol. The van der Waals surface area contributed by atoms with Gasteiger partial charge in [-0.05, 0) is 42.8 Å². The molecule has 0 heterocycles. The molecule has 2 rings (SSSR count). The van der Waals surface area contributed by atoms with Crippen LogP contribution in [-0.4, -0.2) is 27.9 Å². The highest BCUT2D eigenvalue weighted by Crippen LogP contribution is 2.28. The number of nitrogens with zero attached hydrogens (tertiary/aromatic N) is 1. The van der Waals surface area contributed by atoms with Crippen LogP contribution in [0.15, 0.2) is 53.4 Å². The van der Waals surface area contributed by atoms with Crippen LogP contribution in [0.5, 0.6) is 0 Å². The minimum atomic E-state index is -3.87. The summed E-state index contributed by atoms with van der Waals surface area (Å²) >= 11 is 5.94.